The molecule has 2 rings (SSSR count). The Bertz CT molecular complexity index is 525. The summed E-state index contributed by atoms with van der Waals surface area (Å²) in [4.78, 5) is 11.9. The molecule has 20 heavy (non-hydrogen) atoms. The minimum absolute atomic E-state index is 0.0322. The summed E-state index contributed by atoms with van der Waals surface area (Å²) in [5.74, 6) is -1.22. The zero-order valence-corrected chi connectivity index (χ0v) is 11.7. The van der Waals surface area contributed by atoms with E-state index >= 15 is 0 Å². The molecule has 2 N–H and O–H groups in total. The standard InChI is InChI=1S/C16H20FNO2/c1-11(13-5-3-2-4-6-13)18-16(20)10-12-7-8-15(19)14(17)9-12/h5,7-9,11,19H,2-4,6,10H2,1H3,(H,18,20). The predicted molar refractivity (Wildman–Crippen MR) is 75.9 cm³/mol. The molecule has 1 aliphatic carbocycles. The highest BCUT2D eigenvalue weighted by Gasteiger charge is 2.14. The molecule has 3 nitrogen and oxygen atoms in total. The molecule has 0 saturated heterocycles. The van der Waals surface area contributed by atoms with Gasteiger partial charge < -0.3 is 10.4 Å². The van der Waals surface area contributed by atoms with E-state index in [1.54, 1.807) is 6.07 Å². The second-order valence-corrected chi connectivity index (χ2v) is 5.28. The molecule has 0 aromatic heterocycles. The molecule has 1 unspecified atom stereocenters. The summed E-state index contributed by atoms with van der Waals surface area (Å²) in [5, 5.41) is 12.1. The molecule has 1 amide bonds. The zero-order valence-electron chi connectivity index (χ0n) is 11.7. The number of phenols is 1. The quantitative estimate of drug-likeness (QED) is 0.831. The van der Waals surface area contributed by atoms with Crippen molar-refractivity contribution in [2.75, 3.05) is 0 Å². The number of amides is 1. The SMILES string of the molecule is CC(NC(=O)Cc1ccc(O)c(F)c1)C1=CCCCC1. The molecule has 0 fully saturated rings. The van der Waals surface area contributed by atoms with Crippen molar-refractivity contribution in [2.45, 2.75) is 45.1 Å². The first kappa shape index (κ1) is 14.6. The molecular weight excluding hydrogens is 257 g/mol. The maximum absolute atomic E-state index is 13.2. The van der Waals surface area contributed by atoms with Gasteiger partial charge in [0.15, 0.2) is 11.6 Å². The first-order valence-corrected chi connectivity index (χ1v) is 7.02. The second kappa shape index (κ2) is 6.55. The fourth-order valence-electron chi connectivity index (χ4n) is 2.49. The van der Waals surface area contributed by atoms with Crippen LogP contribution in [0, 0.1) is 5.82 Å². The van der Waals surface area contributed by atoms with E-state index in [-0.39, 0.29) is 18.4 Å². The summed E-state index contributed by atoms with van der Waals surface area (Å²) in [6.07, 6.45) is 6.84. The van der Waals surface area contributed by atoms with Crippen molar-refractivity contribution < 1.29 is 14.3 Å². The fraction of sp³-hybridized carbons (Fsp3) is 0.438. The number of phenolic OH excluding ortho intramolecular Hbond substituents is 1. The van der Waals surface area contributed by atoms with Crippen LogP contribution in [-0.4, -0.2) is 17.1 Å². The van der Waals surface area contributed by atoms with Crippen LogP contribution >= 0.6 is 0 Å². The first-order chi connectivity index (χ1) is 9.56. The number of allylic oxidation sites excluding steroid dienone is 1. The number of hydrogen-bond donors (Lipinski definition) is 2. The van der Waals surface area contributed by atoms with Crippen LogP contribution in [0.15, 0.2) is 29.8 Å². The summed E-state index contributed by atoms with van der Waals surface area (Å²) >= 11 is 0. The van der Waals surface area contributed by atoms with E-state index in [9.17, 15) is 9.18 Å². The zero-order chi connectivity index (χ0) is 14.5. The largest absolute Gasteiger partial charge is 0.505 e. The van der Waals surface area contributed by atoms with Crippen LogP contribution in [0.25, 0.3) is 0 Å². The summed E-state index contributed by atoms with van der Waals surface area (Å²) in [6, 6.07) is 4.05. The summed E-state index contributed by atoms with van der Waals surface area (Å²) in [5.41, 5.74) is 1.84. The van der Waals surface area contributed by atoms with Crippen molar-refractivity contribution in [3.63, 3.8) is 0 Å². The molecule has 0 heterocycles. The molecule has 108 valence electrons. The molecule has 0 saturated carbocycles. The van der Waals surface area contributed by atoms with E-state index in [0.29, 0.717) is 5.56 Å². The third-order valence-electron chi connectivity index (χ3n) is 3.64. The second-order valence-electron chi connectivity index (χ2n) is 5.28. The van der Waals surface area contributed by atoms with Gasteiger partial charge in [-0.2, -0.15) is 0 Å². The van der Waals surface area contributed by atoms with E-state index in [2.05, 4.69) is 11.4 Å². The van der Waals surface area contributed by atoms with Crippen molar-refractivity contribution in [2.24, 2.45) is 0 Å². The number of carbonyl (C=O) groups excluding carboxylic acids is 1. The highest BCUT2D eigenvalue weighted by atomic mass is 19.1. The molecule has 0 radical (unpaired) electrons. The van der Waals surface area contributed by atoms with Gasteiger partial charge in [-0.3, -0.25) is 4.79 Å². The Hall–Kier alpha value is -1.84. The van der Waals surface area contributed by atoms with Crippen LogP contribution in [0.1, 0.15) is 38.2 Å². The predicted octanol–water partition coefficient (Wildman–Crippen LogP) is 3.08. The first-order valence-electron chi connectivity index (χ1n) is 7.02. The topological polar surface area (TPSA) is 49.3 Å². The van der Waals surface area contributed by atoms with Crippen LogP contribution in [0.5, 0.6) is 5.75 Å². The molecule has 1 aliphatic rings. The molecule has 0 bridgehead atoms. The molecule has 0 spiro atoms. The van der Waals surface area contributed by atoms with Gasteiger partial charge >= 0.3 is 0 Å². The van der Waals surface area contributed by atoms with E-state index in [1.807, 2.05) is 6.92 Å². The molecule has 1 aromatic carbocycles. The Labute approximate surface area is 118 Å². The van der Waals surface area contributed by atoms with Gasteiger partial charge in [-0.05, 0) is 50.3 Å². The number of nitrogens with one attached hydrogen (secondary N) is 1. The Morgan fingerprint density at radius 3 is 2.90 bits per heavy atom. The van der Waals surface area contributed by atoms with E-state index in [4.69, 9.17) is 5.11 Å². The molecule has 1 atom stereocenters. The lowest BCUT2D eigenvalue weighted by molar-refractivity contribution is -0.120. The van der Waals surface area contributed by atoms with Crippen LogP contribution in [0.4, 0.5) is 4.39 Å². The monoisotopic (exact) mass is 277 g/mol. The van der Waals surface area contributed by atoms with Crippen molar-refractivity contribution in [3.8, 4) is 5.75 Å². The van der Waals surface area contributed by atoms with Gasteiger partial charge in [-0.1, -0.05) is 17.7 Å². The van der Waals surface area contributed by atoms with Crippen molar-refractivity contribution in [1.29, 1.82) is 0 Å². The Kier molecular flexibility index (Phi) is 4.77. The molecule has 0 aliphatic heterocycles. The third kappa shape index (κ3) is 3.83. The van der Waals surface area contributed by atoms with Gasteiger partial charge in [0.05, 0.1) is 6.42 Å². The fourth-order valence-corrected chi connectivity index (χ4v) is 2.49. The summed E-state index contributed by atoms with van der Waals surface area (Å²) < 4.78 is 13.2. The maximum Gasteiger partial charge on any atom is 0.224 e. The van der Waals surface area contributed by atoms with Crippen molar-refractivity contribution in [1.82, 2.24) is 5.32 Å². The third-order valence-corrected chi connectivity index (χ3v) is 3.64. The van der Waals surface area contributed by atoms with Crippen LogP contribution in [-0.2, 0) is 11.2 Å². The van der Waals surface area contributed by atoms with E-state index < -0.39 is 11.6 Å². The van der Waals surface area contributed by atoms with Gasteiger partial charge in [0.1, 0.15) is 0 Å². The highest BCUT2D eigenvalue weighted by molar-refractivity contribution is 5.79. The van der Waals surface area contributed by atoms with Crippen LogP contribution in [0.2, 0.25) is 0 Å². The minimum Gasteiger partial charge on any atom is -0.505 e. The number of rotatable bonds is 4. The lowest BCUT2D eigenvalue weighted by Gasteiger charge is -2.20. The van der Waals surface area contributed by atoms with Gasteiger partial charge in [0, 0.05) is 6.04 Å². The van der Waals surface area contributed by atoms with Crippen molar-refractivity contribution in [3.05, 3.63) is 41.2 Å². The Balaban J connectivity index is 1.91. The van der Waals surface area contributed by atoms with Crippen LogP contribution in [0.3, 0.4) is 0 Å². The van der Waals surface area contributed by atoms with E-state index in [1.165, 1.54) is 30.5 Å². The molecule has 1 aromatic rings. The Morgan fingerprint density at radius 1 is 1.45 bits per heavy atom. The number of halogens is 1. The highest BCUT2D eigenvalue weighted by Crippen LogP contribution is 2.20. The summed E-state index contributed by atoms with van der Waals surface area (Å²) in [7, 11) is 0. The lowest BCUT2D eigenvalue weighted by Crippen LogP contribution is -2.35. The van der Waals surface area contributed by atoms with Gasteiger partial charge in [-0.25, -0.2) is 4.39 Å². The number of benzene rings is 1. The Morgan fingerprint density at radius 2 is 2.25 bits per heavy atom. The van der Waals surface area contributed by atoms with Crippen LogP contribution < -0.4 is 5.32 Å². The minimum atomic E-state index is -0.696. The van der Waals surface area contributed by atoms with Gasteiger partial charge in [-0.15, -0.1) is 0 Å². The number of hydrogen-bond acceptors (Lipinski definition) is 2. The molecular formula is C16H20FNO2. The average Bonchev–Trinajstić information content (AvgIpc) is 2.44. The van der Waals surface area contributed by atoms with Gasteiger partial charge in [0.2, 0.25) is 5.91 Å². The maximum atomic E-state index is 13.2. The normalized spacial score (nSPS) is 16.4. The van der Waals surface area contributed by atoms with E-state index in [0.717, 1.165) is 12.8 Å². The number of carbonyl (C=O) groups is 1. The lowest BCUT2D eigenvalue weighted by atomic mass is 9.94. The summed E-state index contributed by atoms with van der Waals surface area (Å²) in [6.45, 7) is 1.98. The average molecular weight is 277 g/mol. The van der Waals surface area contributed by atoms with Gasteiger partial charge in [0.25, 0.3) is 0 Å². The van der Waals surface area contributed by atoms with Crippen molar-refractivity contribution >= 4 is 5.91 Å². The molecule has 4 heteroatoms. The number of aromatic hydroxyl groups is 1. The smallest absolute Gasteiger partial charge is 0.224 e.